The topological polar surface area (TPSA) is 9.23 Å². The van der Waals surface area contributed by atoms with Crippen molar-refractivity contribution >= 4 is 24.1 Å². The molecule has 52 valence electrons. The minimum absolute atomic E-state index is 1.17. The maximum atomic E-state index is 4.75. The van der Waals surface area contributed by atoms with Crippen LogP contribution in [0.25, 0.3) is 0 Å². The zero-order valence-electron chi connectivity index (χ0n) is 6.09. The summed E-state index contributed by atoms with van der Waals surface area (Å²) in [4.78, 5) is 0. The average molecular weight is 144 g/mol. The van der Waals surface area contributed by atoms with Crippen molar-refractivity contribution in [3.63, 3.8) is 0 Å². The Balaban J connectivity index is 2.86. The van der Waals surface area contributed by atoms with Gasteiger partial charge in [-0.15, -0.1) is 0 Å². The van der Waals surface area contributed by atoms with E-state index in [0.717, 1.165) is 0 Å². The summed E-state index contributed by atoms with van der Waals surface area (Å²) < 4.78 is 4.75. The fourth-order valence-electron chi connectivity index (χ4n) is 0.485. The first-order valence-corrected chi connectivity index (χ1v) is 4.06. The standard InChI is InChI=1S/C6H13BOS/c1-3-4-5-6-7-9-8-2/h6H,3-5H2,1-2H3. The summed E-state index contributed by atoms with van der Waals surface area (Å²) in [6, 6.07) is 0. The first kappa shape index (κ1) is 9.24. The van der Waals surface area contributed by atoms with Crippen molar-refractivity contribution in [2.75, 3.05) is 7.11 Å². The van der Waals surface area contributed by atoms with E-state index in [1.54, 1.807) is 7.11 Å². The third-order valence-electron chi connectivity index (χ3n) is 0.972. The molecule has 0 aliphatic heterocycles. The second kappa shape index (κ2) is 8.24. The van der Waals surface area contributed by atoms with E-state index >= 15 is 0 Å². The van der Waals surface area contributed by atoms with Crippen LogP contribution in [0.5, 0.6) is 0 Å². The van der Waals surface area contributed by atoms with E-state index in [1.165, 1.54) is 31.2 Å². The van der Waals surface area contributed by atoms with Gasteiger partial charge in [-0.05, 0) is 0 Å². The minimum atomic E-state index is 1.17. The second-order valence-electron chi connectivity index (χ2n) is 1.78. The van der Waals surface area contributed by atoms with Gasteiger partial charge in [-0.2, -0.15) is 0 Å². The van der Waals surface area contributed by atoms with Crippen molar-refractivity contribution in [2.24, 2.45) is 0 Å². The normalized spacial score (nSPS) is 10.0. The number of unbranched alkanes of at least 4 members (excludes halogenated alkanes) is 2. The Labute approximate surface area is 62.2 Å². The SMILES string of the molecule is CCCCC=BSOC. The van der Waals surface area contributed by atoms with E-state index in [0.29, 0.717) is 0 Å². The maximum absolute atomic E-state index is 4.75. The van der Waals surface area contributed by atoms with Crippen LogP contribution in [0.3, 0.4) is 0 Å². The average Bonchev–Trinajstić information content (AvgIpc) is 1.89. The van der Waals surface area contributed by atoms with Gasteiger partial charge in [0, 0.05) is 0 Å². The van der Waals surface area contributed by atoms with Crippen LogP contribution in [0.2, 0.25) is 0 Å². The molecule has 0 saturated carbocycles. The Morgan fingerprint density at radius 2 is 2.44 bits per heavy atom. The van der Waals surface area contributed by atoms with Gasteiger partial charge < -0.3 is 0 Å². The number of hydrogen-bond donors (Lipinski definition) is 0. The van der Waals surface area contributed by atoms with E-state index in [-0.39, 0.29) is 0 Å². The van der Waals surface area contributed by atoms with E-state index < -0.39 is 0 Å². The van der Waals surface area contributed by atoms with Gasteiger partial charge in [0.25, 0.3) is 0 Å². The molecule has 0 saturated heterocycles. The zero-order chi connectivity index (χ0) is 6.95. The summed E-state index contributed by atoms with van der Waals surface area (Å²) >= 11 is 1.38. The summed E-state index contributed by atoms with van der Waals surface area (Å²) in [6.07, 6.45) is 5.70. The summed E-state index contributed by atoms with van der Waals surface area (Å²) in [5, 5.41) is 0. The molecule has 0 aromatic rings. The Kier molecular flexibility index (Phi) is 8.47. The molecule has 0 unspecified atom stereocenters. The molecule has 0 radical (unpaired) electrons. The molecule has 9 heavy (non-hydrogen) atoms. The van der Waals surface area contributed by atoms with Gasteiger partial charge in [-0.3, -0.25) is 0 Å². The van der Waals surface area contributed by atoms with Crippen molar-refractivity contribution in [1.82, 2.24) is 0 Å². The Hall–Kier alpha value is 0.245. The van der Waals surface area contributed by atoms with E-state index in [4.69, 9.17) is 4.18 Å². The molecule has 0 atom stereocenters. The van der Waals surface area contributed by atoms with Crippen LogP contribution in [0.4, 0.5) is 0 Å². The number of hydrogen-bond acceptors (Lipinski definition) is 2. The molecule has 0 aliphatic carbocycles. The van der Waals surface area contributed by atoms with Gasteiger partial charge in [-0.1, -0.05) is 0 Å². The van der Waals surface area contributed by atoms with Crippen LogP contribution in [-0.4, -0.2) is 19.3 Å². The molecule has 0 N–H and O–H groups in total. The molecule has 3 heteroatoms. The third-order valence-corrected chi connectivity index (χ3v) is 1.47. The molecular weight excluding hydrogens is 131 g/mol. The first-order valence-electron chi connectivity index (χ1n) is 3.26. The summed E-state index contributed by atoms with van der Waals surface area (Å²) in [7, 11) is 1.68. The predicted molar refractivity (Wildman–Crippen MR) is 45.9 cm³/mol. The number of rotatable bonds is 5. The third kappa shape index (κ3) is 8.24. The van der Waals surface area contributed by atoms with Gasteiger partial charge >= 0.3 is 61.5 Å². The zero-order valence-corrected chi connectivity index (χ0v) is 6.91. The Morgan fingerprint density at radius 3 is 3.00 bits per heavy atom. The van der Waals surface area contributed by atoms with Crippen LogP contribution < -0.4 is 0 Å². The predicted octanol–water partition coefficient (Wildman–Crippen LogP) is 1.89. The molecule has 0 fully saturated rings. The molecular formula is C6H13BOS. The molecule has 0 aliphatic rings. The van der Waals surface area contributed by atoms with Crippen molar-refractivity contribution in [1.29, 1.82) is 0 Å². The van der Waals surface area contributed by atoms with Crippen LogP contribution in [0.1, 0.15) is 26.2 Å². The van der Waals surface area contributed by atoms with Crippen LogP contribution in [0.15, 0.2) is 0 Å². The van der Waals surface area contributed by atoms with Gasteiger partial charge in [0.15, 0.2) is 0 Å². The van der Waals surface area contributed by atoms with Crippen molar-refractivity contribution in [3.8, 4) is 0 Å². The van der Waals surface area contributed by atoms with E-state index in [1.807, 2.05) is 6.20 Å². The molecule has 0 amide bonds. The summed E-state index contributed by atoms with van der Waals surface area (Å²) in [5.41, 5.74) is 0. The Bertz CT molecular complexity index is 75.5. The molecule has 0 bridgehead atoms. The van der Waals surface area contributed by atoms with Gasteiger partial charge in [0.1, 0.15) is 0 Å². The molecule has 0 rings (SSSR count). The molecule has 0 aromatic carbocycles. The summed E-state index contributed by atoms with van der Waals surface area (Å²) in [6.45, 7) is 2.19. The van der Waals surface area contributed by atoms with Gasteiger partial charge in [0.05, 0.1) is 0 Å². The molecule has 1 nitrogen and oxygen atoms in total. The monoisotopic (exact) mass is 144 g/mol. The van der Waals surface area contributed by atoms with Gasteiger partial charge in [-0.25, -0.2) is 0 Å². The van der Waals surface area contributed by atoms with Crippen molar-refractivity contribution in [3.05, 3.63) is 0 Å². The van der Waals surface area contributed by atoms with Crippen molar-refractivity contribution < 1.29 is 4.18 Å². The van der Waals surface area contributed by atoms with Crippen molar-refractivity contribution in [2.45, 2.75) is 26.2 Å². The first-order chi connectivity index (χ1) is 4.41. The van der Waals surface area contributed by atoms with Crippen LogP contribution in [0, 0.1) is 0 Å². The van der Waals surface area contributed by atoms with Gasteiger partial charge in [0.2, 0.25) is 0 Å². The fourth-order valence-corrected chi connectivity index (χ4v) is 0.811. The van der Waals surface area contributed by atoms with E-state index in [9.17, 15) is 0 Å². The summed E-state index contributed by atoms with van der Waals surface area (Å²) in [5.74, 6) is 2.14. The van der Waals surface area contributed by atoms with E-state index in [2.05, 4.69) is 12.9 Å². The second-order valence-corrected chi connectivity index (χ2v) is 2.57. The molecule has 0 spiro atoms. The van der Waals surface area contributed by atoms with Crippen LogP contribution in [-0.2, 0) is 4.18 Å². The molecule has 0 heterocycles. The Morgan fingerprint density at radius 1 is 1.67 bits per heavy atom. The van der Waals surface area contributed by atoms with Crippen LogP contribution >= 0.6 is 11.9 Å². The quantitative estimate of drug-likeness (QED) is 0.331. The fraction of sp³-hybridized carbons (Fsp3) is 0.833. The molecule has 0 aromatic heterocycles.